The number of benzene rings is 2. The van der Waals surface area contributed by atoms with Gasteiger partial charge in [0.05, 0.1) is 0 Å². The summed E-state index contributed by atoms with van der Waals surface area (Å²) in [7, 11) is 0. The lowest BCUT2D eigenvalue weighted by Crippen LogP contribution is -2.05. The molecule has 1 saturated carbocycles. The van der Waals surface area contributed by atoms with E-state index in [-0.39, 0.29) is 0 Å². The van der Waals surface area contributed by atoms with Gasteiger partial charge in [-0.1, -0.05) is 55.3 Å². The van der Waals surface area contributed by atoms with Crippen molar-refractivity contribution in [1.82, 2.24) is 0 Å². The van der Waals surface area contributed by atoms with E-state index >= 15 is 0 Å². The minimum Gasteiger partial charge on any atom is -0.489 e. The Morgan fingerprint density at radius 1 is 1.00 bits per heavy atom. The molecule has 3 rings (SSSR count). The van der Waals surface area contributed by atoms with E-state index < -0.39 is 0 Å². The van der Waals surface area contributed by atoms with Crippen LogP contribution in [0.1, 0.15) is 42.7 Å². The topological polar surface area (TPSA) is 9.23 Å². The van der Waals surface area contributed by atoms with E-state index in [0.717, 1.165) is 5.75 Å². The van der Waals surface area contributed by atoms with Gasteiger partial charge in [-0.2, -0.15) is 0 Å². The zero-order valence-electron chi connectivity index (χ0n) is 11.8. The molecule has 1 unspecified atom stereocenters. The molecule has 0 N–H and O–H groups in total. The first-order valence-electron chi connectivity index (χ1n) is 7.50. The average molecular weight is 265 g/mol. The Bertz CT molecular complexity index is 526. The molecule has 1 radical (unpaired) electrons. The van der Waals surface area contributed by atoms with Crippen molar-refractivity contribution < 1.29 is 4.74 Å². The van der Waals surface area contributed by atoms with E-state index in [2.05, 4.69) is 42.8 Å². The number of hydrogen-bond donors (Lipinski definition) is 0. The van der Waals surface area contributed by atoms with Crippen LogP contribution in [-0.2, 0) is 6.61 Å². The van der Waals surface area contributed by atoms with E-state index in [9.17, 15) is 0 Å². The third kappa shape index (κ3) is 3.41. The molecule has 2 aromatic carbocycles. The van der Waals surface area contributed by atoms with Gasteiger partial charge in [0.25, 0.3) is 0 Å². The number of hydrogen-bond acceptors (Lipinski definition) is 1. The van der Waals surface area contributed by atoms with Crippen LogP contribution >= 0.6 is 0 Å². The van der Waals surface area contributed by atoms with Gasteiger partial charge in [-0.3, -0.25) is 0 Å². The molecule has 1 aliphatic carbocycles. The fraction of sp³-hybridized carbons (Fsp3) is 0.316. The highest BCUT2D eigenvalue weighted by molar-refractivity contribution is 5.31. The van der Waals surface area contributed by atoms with Gasteiger partial charge in [-0.05, 0) is 48.4 Å². The summed E-state index contributed by atoms with van der Waals surface area (Å²) >= 11 is 0. The summed E-state index contributed by atoms with van der Waals surface area (Å²) in [4.78, 5) is 0. The van der Waals surface area contributed by atoms with E-state index in [1.165, 1.54) is 36.8 Å². The molecule has 0 aliphatic heterocycles. The molecular weight excluding hydrogens is 244 g/mol. The summed E-state index contributed by atoms with van der Waals surface area (Å²) in [6, 6.07) is 18.9. The molecule has 0 aromatic heterocycles. The molecule has 1 nitrogen and oxygen atoms in total. The van der Waals surface area contributed by atoms with Gasteiger partial charge in [-0.25, -0.2) is 0 Å². The number of rotatable bonds is 4. The van der Waals surface area contributed by atoms with Gasteiger partial charge in [0.15, 0.2) is 0 Å². The molecule has 2 aromatic rings. The third-order valence-corrected chi connectivity index (χ3v) is 3.99. The second-order valence-electron chi connectivity index (χ2n) is 5.50. The summed E-state index contributed by atoms with van der Waals surface area (Å²) < 4.78 is 5.91. The molecule has 0 heterocycles. The van der Waals surface area contributed by atoms with Crippen molar-refractivity contribution in [1.29, 1.82) is 0 Å². The maximum atomic E-state index is 5.91. The predicted molar refractivity (Wildman–Crippen MR) is 82.7 cm³/mol. The van der Waals surface area contributed by atoms with E-state index in [1.807, 2.05) is 18.2 Å². The zero-order chi connectivity index (χ0) is 13.6. The molecule has 0 bridgehead atoms. The second kappa shape index (κ2) is 6.60. The minimum atomic E-state index is 0.640. The first kappa shape index (κ1) is 13.2. The fourth-order valence-electron chi connectivity index (χ4n) is 2.85. The maximum Gasteiger partial charge on any atom is 0.120 e. The Balaban J connectivity index is 1.65. The Kier molecular flexibility index (Phi) is 4.37. The molecule has 20 heavy (non-hydrogen) atoms. The van der Waals surface area contributed by atoms with E-state index in [1.54, 1.807) is 0 Å². The highest BCUT2D eigenvalue weighted by Gasteiger charge is 2.15. The van der Waals surface area contributed by atoms with Crippen molar-refractivity contribution in [2.45, 2.75) is 38.2 Å². The van der Waals surface area contributed by atoms with Crippen LogP contribution < -0.4 is 4.74 Å². The van der Waals surface area contributed by atoms with Gasteiger partial charge < -0.3 is 4.74 Å². The molecule has 1 fully saturated rings. The van der Waals surface area contributed by atoms with Crippen LogP contribution in [0.2, 0.25) is 0 Å². The highest BCUT2D eigenvalue weighted by atomic mass is 16.5. The molecule has 1 heteroatoms. The van der Waals surface area contributed by atoms with Crippen LogP contribution in [0.3, 0.4) is 0 Å². The molecular formula is C19H21O. The van der Waals surface area contributed by atoms with Gasteiger partial charge in [0, 0.05) is 0 Å². The third-order valence-electron chi connectivity index (χ3n) is 3.99. The predicted octanol–water partition coefficient (Wildman–Crippen LogP) is 5.13. The normalized spacial score (nSPS) is 16.0. The summed E-state index contributed by atoms with van der Waals surface area (Å²) in [5.74, 6) is 1.67. The van der Waals surface area contributed by atoms with Crippen LogP contribution in [0.25, 0.3) is 0 Å². The summed E-state index contributed by atoms with van der Waals surface area (Å²) in [6.07, 6.45) is 7.53. The molecule has 0 amide bonds. The molecule has 0 saturated heterocycles. The Labute approximate surface area is 121 Å². The lowest BCUT2D eigenvalue weighted by atomic mass is 9.84. The molecule has 1 atom stereocenters. The van der Waals surface area contributed by atoms with Crippen molar-refractivity contribution in [3.05, 3.63) is 72.1 Å². The fourth-order valence-corrected chi connectivity index (χ4v) is 2.85. The smallest absolute Gasteiger partial charge is 0.120 e. The van der Waals surface area contributed by atoms with Gasteiger partial charge in [0.1, 0.15) is 12.4 Å². The molecule has 103 valence electrons. The quantitative estimate of drug-likeness (QED) is 0.745. The van der Waals surface area contributed by atoms with Crippen molar-refractivity contribution >= 4 is 0 Å². The summed E-state index contributed by atoms with van der Waals surface area (Å²) in [5, 5.41) is 0. The summed E-state index contributed by atoms with van der Waals surface area (Å²) in [5.41, 5.74) is 2.63. The van der Waals surface area contributed by atoms with E-state index in [0.29, 0.717) is 12.5 Å². The average Bonchev–Trinajstić information content (AvgIpc) is 2.55. The largest absolute Gasteiger partial charge is 0.489 e. The van der Waals surface area contributed by atoms with Crippen molar-refractivity contribution in [2.75, 3.05) is 0 Å². The first-order chi connectivity index (χ1) is 9.92. The lowest BCUT2D eigenvalue weighted by molar-refractivity contribution is 0.305. The lowest BCUT2D eigenvalue weighted by Gasteiger charge is -2.22. The minimum absolute atomic E-state index is 0.640. The van der Waals surface area contributed by atoms with Crippen molar-refractivity contribution in [3.8, 4) is 5.75 Å². The monoisotopic (exact) mass is 265 g/mol. The van der Waals surface area contributed by atoms with Crippen LogP contribution in [0.15, 0.2) is 54.6 Å². The number of ether oxygens (including phenoxy) is 1. The van der Waals surface area contributed by atoms with Crippen LogP contribution in [-0.4, -0.2) is 0 Å². The van der Waals surface area contributed by atoms with E-state index in [4.69, 9.17) is 4.74 Å². The van der Waals surface area contributed by atoms with Gasteiger partial charge in [-0.15, -0.1) is 0 Å². The van der Waals surface area contributed by atoms with Crippen LogP contribution in [0, 0.1) is 6.42 Å². The first-order valence-corrected chi connectivity index (χ1v) is 7.50. The van der Waals surface area contributed by atoms with Crippen molar-refractivity contribution in [3.63, 3.8) is 0 Å². The standard InChI is InChI=1S/C19H21O/c1-3-8-16(9-4-1)15-20-19-13-7-12-18(14-19)17-10-5-2-6-11-17/h1,3-5,7-9,12-14,17H,2,6,10-11,15H2. The Morgan fingerprint density at radius 2 is 1.90 bits per heavy atom. The highest BCUT2D eigenvalue weighted by Crippen LogP contribution is 2.33. The van der Waals surface area contributed by atoms with Gasteiger partial charge in [0.2, 0.25) is 0 Å². The maximum absolute atomic E-state index is 5.91. The van der Waals surface area contributed by atoms with Gasteiger partial charge >= 0.3 is 0 Å². The Morgan fingerprint density at radius 3 is 2.70 bits per heavy atom. The summed E-state index contributed by atoms with van der Waals surface area (Å²) in [6.45, 7) is 0.640. The molecule has 0 spiro atoms. The van der Waals surface area contributed by atoms with Crippen LogP contribution in [0.5, 0.6) is 5.75 Å². The Hall–Kier alpha value is -1.76. The SMILES string of the molecule is [CH]1CCCC(c2cccc(OCc3ccccc3)c2)C1. The van der Waals surface area contributed by atoms with Crippen molar-refractivity contribution in [2.24, 2.45) is 0 Å². The molecule has 1 aliphatic rings. The zero-order valence-corrected chi connectivity index (χ0v) is 11.8. The van der Waals surface area contributed by atoms with Crippen LogP contribution in [0.4, 0.5) is 0 Å². The second-order valence-corrected chi connectivity index (χ2v) is 5.50.